The van der Waals surface area contributed by atoms with E-state index in [4.69, 9.17) is 10.8 Å². The fourth-order valence-electron chi connectivity index (χ4n) is 1.20. The van der Waals surface area contributed by atoms with E-state index < -0.39 is 53.2 Å². The molecule has 1 rings (SSSR count). The molecule has 0 aliphatic rings. The molecule has 0 spiro atoms. The van der Waals surface area contributed by atoms with E-state index in [9.17, 15) is 30.7 Å². The summed E-state index contributed by atoms with van der Waals surface area (Å²) in [6, 6.07) is -2.87. The van der Waals surface area contributed by atoms with Crippen LogP contribution in [-0.2, 0) is 0 Å². The molecule has 0 amide bonds. The maximum Gasteiger partial charge on any atom is 0.289 e. The van der Waals surface area contributed by atoms with Gasteiger partial charge < -0.3 is 10.8 Å². The minimum absolute atomic E-state index is 0. The molecule has 2 nitrogen and oxygen atoms in total. The van der Waals surface area contributed by atoms with Crippen LogP contribution in [0.15, 0.2) is 0 Å². The Kier molecular flexibility index (Phi) is 5.60. The standard InChI is InChI=1S/C9H6F7NO.ClH/c10-3-2(8(17)9(15,16)1-18)4(11)6(13)7(14)5(3)12;/h8,18H,1,17H2;1H/t8-;/m1./s1. The Labute approximate surface area is 108 Å². The maximum absolute atomic E-state index is 13.1. The highest BCUT2D eigenvalue weighted by atomic mass is 35.5. The zero-order valence-corrected chi connectivity index (χ0v) is 9.68. The van der Waals surface area contributed by atoms with Crippen LogP contribution in [0.25, 0.3) is 0 Å². The van der Waals surface area contributed by atoms with Gasteiger partial charge in [-0.25, -0.2) is 30.7 Å². The molecule has 1 aromatic carbocycles. The average molecular weight is 314 g/mol. The fourth-order valence-corrected chi connectivity index (χ4v) is 1.20. The van der Waals surface area contributed by atoms with Crippen LogP contribution in [0.2, 0.25) is 0 Å². The van der Waals surface area contributed by atoms with E-state index in [1.54, 1.807) is 0 Å². The van der Waals surface area contributed by atoms with Gasteiger partial charge in [0.25, 0.3) is 5.92 Å². The van der Waals surface area contributed by atoms with E-state index in [0.717, 1.165) is 0 Å². The zero-order valence-electron chi connectivity index (χ0n) is 8.86. The first-order valence-electron chi connectivity index (χ1n) is 4.40. The number of nitrogens with two attached hydrogens (primary N) is 1. The topological polar surface area (TPSA) is 46.2 Å². The average Bonchev–Trinajstić information content (AvgIpc) is 2.34. The third kappa shape index (κ3) is 2.93. The Morgan fingerprint density at radius 3 is 1.53 bits per heavy atom. The van der Waals surface area contributed by atoms with Gasteiger partial charge in [0.05, 0.1) is 5.56 Å². The highest BCUT2D eigenvalue weighted by molar-refractivity contribution is 5.85. The van der Waals surface area contributed by atoms with Crippen LogP contribution in [0.4, 0.5) is 30.7 Å². The summed E-state index contributed by atoms with van der Waals surface area (Å²) >= 11 is 0. The first-order valence-corrected chi connectivity index (χ1v) is 4.40. The molecular weight excluding hydrogens is 307 g/mol. The Hall–Kier alpha value is -1.06. The molecule has 0 bridgehead atoms. The summed E-state index contributed by atoms with van der Waals surface area (Å²) in [5.74, 6) is -16.4. The molecule has 1 aromatic rings. The van der Waals surface area contributed by atoms with Crippen LogP contribution in [0.5, 0.6) is 0 Å². The molecule has 0 saturated carbocycles. The number of aliphatic hydroxyl groups excluding tert-OH is 1. The normalized spacial score (nSPS) is 13.1. The van der Waals surface area contributed by atoms with Crippen LogP contribution in [0, 0.1) is 29.1 Å². The Balaban J connectivity index is 0.00000324. The van der Waals surface area contributed by atoms with Gasteiger partial charge in [-0.2, -0.15) is 0 Å². The van der Waals surface area contributed by atoms with Crippen LogP contribution < -0.4 is 5.73 Å². The predicted molar refractivity (Wildman–Crippen MR) is 52.4 cm³/mol. The third-order valence-electron chi connectivity index (χ3n) is 2.22. The molecule has 0 radical (unpaired) electrons. The lowest BCUT2D eigenvalue weighted by Gasteiger charge is -2.22. The van der Waals surface area contributed by atoms with Gasteiger partial charge in [0.15, 0.2) is 23.3 Å². The summed E-state index contributed by atoms with van der Waals surface area (Å²) in [5, 5.41) is 8.26. The van der Waals surface area contributed by atoms with E-state index >= 15 is 0 Å². The largest absolute Gasteiger partial charge is 0.390 e. The molecule has 0 aromatic heterocycles. The quantitative estimate of drug-likeness (QED) is 0.511. The lowest BCUT2D eigenvalue weighted by Crippen LogP contribution is -2.38. The van der Waals surface area contributed by atoms with Crippen molar-refractivity contribution in [2.45, 2.75) is 12.0 Å². The number of hydrogen-bond acceptors (Lipinski definition) is 2. The van der Waals surface area contributed by atoms with Gasteiger partial charge in [-0.05, 0) is 0 Å². The summed E-state index contributed by atoms with van der Waals surface area (Å²) in [7, 11) is 0. The molecule has 19 heavy (non-hydrogen) atoms. The summed E-state index contributed by atoms with van der Waals surface area (Å²) in [4.78, 5) is 0. The number of benzene rings is 1. The lowest BCUT2D eigenvalue weighted by atomic mass is 10.00. The Bertz CT molecular complexity index is 453. The summed E-state index contributed by atoms with van der Waals surface area (Å²) in [5.41, 5.74) is 2.86. The number of rotatable bonds is 3. The molecule has 0 heterocycles. The van der Waals surface area contributed by atoms with E-state index in [2.05, 4.69) is 0 Å². The van der Waals surface area contributed by atoms with Gasteiger partial charge in [-0.3, -0.25) is 0 Å². The highest BCUT2D eigenvalue weighted by Crippen LogP contribution is 2.34. The SMILES string of the molecule is Cl.N[C@H](c1c(F)c(F)c(F)c(F)c1F)C(F)(F)CO. The fraction of sp³-hybridized carbons (Fsp3) is 0.333. The second-order valence-corrected chi connectivity index (χ2v) is 3.38. The monoisotopic (exact) mass is 313 g/mol. The number of alkyl halides is 2. The van der Waals surface area contributed by atoms with E-state index in [-0.39, 0.29) is 12.4 Å². The molecule has 0 aliphatic heterocycles. The minimum Gasteiger partial charge on any atom is -0.390 e. The second kappa shape index (κ2) is 5.93. The molecule has 0 saturated heterocycles. The highest BCUT2D eigenvalue weighted by Gasteiger charge is 2.42. The summed E-state index contributed by atoms with van der Waals surface area (Å²) in [6.07, 6.45) is 0. The number of hydrogen-bond donors (Lipinski definition) is 2. The van der Waals surface area contributed by atoms with Gasteiger partial charge in [0.2, 0.25) is 5.82 Å². The molecular formula is C9H7ClF7NO. The Morgan fingerprint density at radius 2 is 1.21 bits per heavy atom. The van der Waals surface area contributed by atoms with E-state index in [1.807, 2.05) is 0 Å². The van der Waals surface area contributed by atoms with E-state index in [0.29, 0.717) is 0 Å². The smallest absolute Gasteiger partial charge is 0.289 e. The van der Waals surface area contributed by atoms with Gasteiger partial charge in [-0.1, -0.05) is 0 Å². The lowest BCUT2D eigenvalue weighted by molar-refractivity contribution is -0.0729. The van der Waals surface area contributed by atoms with Crippen LogP contribution in [-0.4, -0.2) is 17.6 Å². The third-order valence-corrected chi connectivity index (χ3v) is 2.22. The first-order chi connectivity index (χ1) is 8.15. The molecule has 1 atom stereocenters. The summed E-state index contributed by atoms with van der Waals surface area (Å²) < 4.78 is 90.1. The molecule has 0 unspecified atom stereocenters. The molecule has 0 aliphatic carbocycles. The number of aliphatic hydroxyl groups is 1. The predicted octanol–water partition coefficient (Wildman–Crippen LogP) is 2.43. The van der Waals surface area contributed by atoms with Crippen molar-refractivity contribution in [2.24, 2.45) is 5.73 Å². The molecule has 10 heteroatoms. The van der Waals surface area contributed by atoms with Crippen molar-refractivity contribution in [3.8, 4) is 0 Å². The van der Waals surface area contributed by atoms with Crippen LogP contribution in [0.3, 0.4) is 0 Å². The maximum atomic E-state index is 13.1. The molecule has 3 N–H and O–H groups in total. The van der Waals surface area contributed by atoms with Crippen molar-refractivity contribution < 1.29 is 35.8 Å². The molecule has 110 valence electrons. The van der Waals surface area contributed by atoms with Crippen molar-refractivity contribution in [1.82, 2.24) is 0 Å². The minimum atomic E-state index is -4.24. The van der Waals surface area contributed by atoms with Crippen molar-refractivity contribution >= 4 is 12.4 Å². The summed E-state index contributed by atoms with van der Waals surface area (Å²) in [6.45, 7) is -1.91. The van der Waals surface area contributed by atoms with Crippen LogP contribution in [0.1, 0.15) is 11.6 Å². The van der Waals surface area contributed by atoms with E-state index in [1.165, 1.54) is 0 Å². The van der Waals surface area contributed by atoms with Gasteiger partial charge >= 0.3 is 0 Å². The van der Waals surface area contributed by atoms with Gasteiger partial charge in [-0.15, -0.1) is 12.4 Å². The second-order valence-electron chi connectivity index (χ2n) is 3.38. The number of halogens is 8. The van der Waals surface area contributed by atoms with Gasteiger partial charge in [0, 0.05) is 0 Å². The van der Waals surface area contributed by atoms with Gasteiger partial charge in [0.1, 0.15) is 12.6 Å². The Morgan fingerprint density at radius 1 is 0.895 bits per heavy atom. The van der Waals surface area contributed by atoms with Crippen molar-refractivity contribution in [3.63, 3.8) is 0 Å². The van der Waals surface area contributed by atoms with Crippen molar-refractivity contribution in [1.29, 1.82) is 0 Å². The zero-order chi connectivity index (χ0) is 14.2. The van der Waals surface area contributed by atoms with Crippen LogP contribution >= 0.6 is 12.4 Å². The molecule has 0 fully saturated rings. The first kappa shape index (κ1) is 17.9. The van der Waals surface area contributed by atoms with Crippen molar-refractivity contribution in [3.05, 3.63) is 34.6 Å². The van der Waals surface area contributed by atoms with Crippen molar-refractivity contribution in [2.75, 3.05) is 6.61 Å².